The number of likely N-dealkylation sites (N-methyl/N-ethyl adjacent to an activating group) is 1. The molecule has 0 heterocycles. The number of nitrogens with two attached hydrogens (primary N) is 3. The molecule has 19 N–H and O–H groups in total. The van der Waals surface area contributed by atoms with Gasteiger partial charge in [-0.2, -0.15) is 0 Å². The number of benzene rings is 1. The predicted octanol–water partition coefficient (Wildman–Crippen LogP) is -3.83. The Bertz CT molecular complexity index is 2010. The van der Waals surface area contributed by atoms with Crippen molar-refractivity contribution in [3.63, 3.8) is 0 Å². The fraction of sp³-hybridized carbons (Fsp3) is 0.638. The lowest BCUT2D eigenvalue weighted by molar-refractivity contribution is -0.141. The summed E-state index contributed by atoms with van der Waals surface area (Å²) >= 11 is 0. The maximum Gasteiger partial charge on any atom is 0.305 e. The van der Waals surface area contributed by atoms with Crippen LogP contribution in [0.25, 0.3) is 0 Å². The minimum absolute atomic E-state index is 0.0256. The standard InChI is InChI=1S/C47H80N14O12/c1-8-25(3)36(38(49)65)60-43(70)32(22-29-16-11-10-12-17-29)58-46(73)37(26(4)9-2)61-44(71)33(23-35(63)64)57-39(66)27(5)55-45(72)34(24-62)59-40(67)28(6)54-42(69)31(19-15-21-53-47(50)51)56-41(68)30(52-7)18-13-14-20-48/h10-12,16-17,25-28,30-34,36-37,52,62H,8-9,13-15,18-24,48H2,1-7H3,(H2,49,65)(H,54,69)(H,55,72)(H,56,68)(H,57,66)(H,58,73)(H,59,67)(H,60,70)(H,61,71)(H,63,64)(H4,50,51,53)/t25-,26-,27-,28-,30-,31-,32-,33-,34-,36-,37-/m0/s1. The summed E-state index contributed by atoms with van der Waals surface area (Å²) in [4.78, 5) is 132. The quantitative estimate of drug-likeness (QED) is 0.0176. The highest BCUT2D eigenvalue weighted by Crippen LogP contribution is 2.13. The van der Waals surface area contributed by atoms with Crippen molar-refractivity contribution in [2.24, 2.45) is 29.0 Å². The highest BCUT2D eigenvalue weighted by atomic mass is 16.4. The van der Waals surface area contributed by atoms with Gasteiger partial charge < -0.3 is 80.6 Å². The number of primary amides is 1. The van der Waals surface area contributed by atoms with Gasteiger partial charge >= 0.3 is 5.97 Å². The smallest absolute Gasteiger partial charge is 0.305 e. The molecule has 1 rings (SSSR count). The van der Waals surface area contributed by atoms with Gasteiger partial charge in [-0.05, 0) is 70.5 Å². The summed E-state index contributed by atoms with van der Waals surface area (Å²) in [5.74, 6) is -10.5. The van der Waals surface area contributed by atoms with E-state index in [1.807, 2.05) is 6.92 Å². The summed E-state index contributed by atoms with van der Waals surface area (Å²) in [6.45, 7) is 9.00. The van der Waals surface area contributed by atoms with Crippen LogP contribution in [0.4, 0.5) is 0 Å². The van der Waals surface area contributed by atoms with Crippen molar-refractivity contribution < 1.29 is 58.2 Å². The van der Waals surface area contributed by atoms with Crippen LogP contribution >= 0.6 is 0 Å². The van der Waals surface area contributed by atoms with Crippen LogP contribution < -0.4 is 70.4 Å². The molecule has 1 aromatic carbocycles. The summed E-state index contributed by atoms with van der Waals surface area (Å²) in [5, 5.41) is 52.4. The molecule has 1 aromatic rings. The first-order chi connectivity index (χ1) is 34.4. The van der Waals surface area contributed by atoms with Crippen LogP contribution in [0.3, 0.4) is 0 Å². The van der Waals surface area contributed by atoms with E-state index in [0.29, 0.717) is 44.2 Å². The molecule has 0 bridgehead atoms. The Morgan fingerprint density at radius 1 is 0.575 bits per heavy atom. The van der Waals surface area contributed by atoms with Gasteiger partial charge in [0.2, 0.25) is 53.2 Å². The number of carbonyl (C=O) groups excluding carboxylic acids is 9. The van der Waals surface area contributed by atoms with Crippen LogP contribution in [-0.2, 0) is 54.4 Å². The number of nitrogens with one attached hydrogen (secondary N) is 11. The van der Waals surface area contributed by atoms with Crippen molar-refractivity contribution in [1.29, 1.82) is 5.41 Å². The van der Waals surface area contributed by atoms with E-state index in [1.54, 1.807) is 58.2 Å². The first-order valence-corrected chi connectivity index (χ1v) is 24.5. The Balaban J connectivity index is 3.18. The molecule has 11 atom stereocenters. The zero-order chi connectivity index (χ0) is 55.4. The minimum atomic E-state index is -1.81. The van der Waals surface area contributed by atoms with E-state index in [2.05, 4.69) is 53.2 Å². The molecule has 9 amide bonds. The minimum Gasteiger partial charge on any atom is -0.481 e. The lowest BCUT2D eigenvalue weighted by Crippen LogP contribution is -2.61. The van der Waals surface area contributed by atoms with Crippen molar-refractivity contribution in [2.45, 2.75) is 154 Å². The third kappa shape index (κ3) is 23.4. The second-order valence-corrected chi connectivity index (χ2v) is 17.9. The highest BCUT2D eigenvalue weighted by molar-refractivity contribution is 5.99. The fourth-order valence-corrected chi connectivity index (χ4v) is 7.16. The molecule has 0 unspecified atom stereocenters. The number of carbonyl (C=O) groups is 10. The van der Waals surface area contributed by atoms with Crippen LogP contribution in [0.5, 0.6) is 0 Å². The Hall–Kier alpha value is -6.93. The summed E-state index contributed by atoms with van der Waals surface area (Å²) in [6, 6.07) is -3.17. The van der Waals surface area contributed by atoms with Crippen LogP contribution in [-0.4, -0.2) is 156 Å². The highest BCUT2D eigenvalue weighted by Gasteiger charge is 2.36. The summed E-state index contributed by atoms with van der Waals surface area (Å²) in [6.07, 6.45) is 1.92. The molecule has 0 fully saturated rings. The maximum atomic E-state index is 14.0. The van der Waals surface area contributed by atoms with E-state index < -0.39 is 132 Å². The number of unbranched alkanes of at least 4 members (excludes halogenated alkanes) is 1. The molecule has 26 heteroatoms. The molecule has 0 aliphatic rings. The van der Waals surface area contributed by atoms with Gasteiger partial charge in [0, 0.05) is 13.0 Å². The number of guanidine groups is 1. The maximum absolute atomic E-state index is 14.0. The molecule has 0 saturated heterocycles. The monoisotopic (exact) mass is 1030 g/mol. The number of carboxylic acids is 1. The topological polar surface area (TPSA) is 433 Å². The zero-order valence-corrected chi connectivity index (χ0v) is 42.9. The van der Waals surface area contributed by atoms with Gasteiger partial charge in [0.05, 0.1) is 19.1 Å². The third-order valence-corrected chi connectivity index (χ3v) is 12.1. The summed E-state index contributed by atoms with van der Waals surface area (Å²) in [7, 11) is 1.59. The van der Waals surface area contributed by atoms with Gasteiger partial charge in [-0.25, -0.2) is 0 Å². The molecular formula is C47H80N14O12. The van der Waals surface area contributed by atoms with Gasteiger partial charge in [-0.15, -0.1) is 0 Å². The van der Waals surface area contributed by atoms with E-state index in [9.17, 15) is 58.2 Å². The van der Waals surface area contributed by atoms with Crippen molar-refractivity contribution in [2.75, 3.05) is 26.7 Å². The van der Waals surface area contributed by atoms with Crippen LogP contribution in [0.1, 0.15) is 98.5 Å². The lowest BCUT2D eigenvalue weighted by atomic mass is 9.95. The van der Waals surface area contributed by atoms with E-state index in [4.69, 9.17) is 22.6 Å². The van der Waals surface area contributed by atoms with Crippen molar-refractivity contribution in [3.8, 4) is 0 Å². The van der Waals surface area contributed by atoms with Crippen LogP contribution in [0.15, 0.2) is 30.3 Å². The number of carboxylic acid groups (broad SMARTS) is 1. The summed E-state index contributed by atoms with van der Waals surface area (Å²) < 4.78 is 0. The van der Waals surface area contributed by atoms with Gasteiger partial charge in [0.15, 0.2) is 5.96 Å². The molecule has 73 heavy (non-hydrogen) atoms. The molecular weight excluding hydrogens is 953 g/mol. The fourth-order valence-electron chi connectivity index (χ4n) is 7.16. The van der Waals surface area contributed by atoms with Gasteiger partial charge in [0.25, 0.3) is 0 Å². The Morgan fingerprint density at radius 2 is 1.04 bits per heavy atom. The Morgan fingerprint density at radius 3 is 1.55 bits per heavy atom. The van der Waals surface area contributed by atoms with Crippen LogP contribution in [0.2, 0.25) is 0 Å². The Kier molecular flexibility index (Phi) is 29.6. The predicted molar refractivity (Wildman–Crippen MR) is 269 cm³/mol. The van der Waals surface area contributed by atoms with Crippen molar-refractivity contribution in [3.05, 3.63) is 35.9 Å². The second-order valence-electron chi connectivity index (χ2n) is 17.9. The molecule has 0 radical (unpaired) electrons. The number of aliphatic hydroxyl groups is 1. The summed E-state index contributed by atoms with van der Waals surface area (Å²) in [5.41, 5.74) is 17.2. The number of rotatable bonds is 35. The first kappa shape index (κ1) is 64.1. The number of aliphatic carboxylic acids is 1. The van der Waals surface area contributed by atoms with Crippen molar-refractivity contribution >= 4 is 65.1 Å². The first-order valence-electron chi connectivity index (χ1n) is 24.5. The lowest BCUT2D eigenvalue weighted by Gasteiger charge is -2.29. The molecule has 410 valence electrons. The molecule has 0 saturated carbocycles. The Labute approximate surface area is 426 Å². The molecule has 0 aliphatic heterocycles. The second kappa shape index (κ2) is 33.7. The normalized spacial score (nSPS) is 15.5. The number of hydrogen-bond donors (Lipinski definition) is 16. The third-order valence-electron chi connectivity index (χ3n) is 12.1. The average molecular weight is 1030 g/mol. The van der Waals surface area contributed by atoms with Gasteiger partial charge in [-0.3, -0.25) is 53.4 Å². The van der Waals surface area contributed by atoms with E-state index in [1.165, 1.54) is 13.8 Å². The molecule has 0 aliphatic carbocycles. The number of amides is 9. The van der Waals surface area contributed by atoms with Gasteiger partial charge in [0.1, 0.15) is 48.3 Å². The number of hydrogen-bond acceptors (Lipinski definition) is 14. The van der Waals surface area contributed by atoms with E-state index in [0.717, 1.165) is 0 Å². The van der Waals surface area contributed by atoms with Crippen molar-refractivity contribution in [1.82, 2.24) is 53.2 Å². The molecule has 26 nitrogen and oxygen atoms in total. The van der Waals surface area contributed by atoms with E-state index >= 15 is 0 Å². The SMILES string of the molecule is CC[C@H](C)[C@H](NC(=O)[C@H](Cc1ccccc1)NC(=O)[C@@H](NC(=O)[C@H](CC(=O)O)NC(=O)[C@H](C)NC(=O)[C@H](CO)NC(=O)[C@H](C)NC(=O)[C@H](CCCNC(=N)N)NC(=O)[C@H](CCCCN)NC)[C@@H](C)CC)C(N)=O. The van der Waals surface area contributed by atoms with E-state index in [-0.39, 0.29) is 37.7 Å². The van der Waals surface area contributed by atoms with Gasteiger partial charge in [-0.1, -0.05) is 77.3 Å². The van der Waals surface area contributed by atoms with Crippen LogP contribution in [0, 0.1) is 17.2 Å². The average Bonchev–Trinajstić information content (AvgIpc) is 3.34. The molecule has 0 spiro atoms. The molecule has 0 aromatic heterocycles. The largest absolute Gasteiger partial charge is 0.481 e. The number of aliphatic hydroxyl groups excluding tert-OH is 1. The zero-order valence-electron chi connectivity index (χ0n) is 42.9.